The maximum atomic E-state index is 13.5. The van der Waals surface area contributed by atoms with E-state index in [-0.39, 0.29) is 5.82 Å². The molecule has 2 rings (SSSR count). The van der Waals surface area contributed by atoms with Crippen LogP contribution in [0.25, 0.3) is 11.1 Å². The Labute approximate surface area is 100 Å². The van der Waals surface area contributed by atoms with E-state index in [0.717, 1.165) is 0 Å². The molecule has 0 saturated carbocycles. The van der Waals surface area contributed by atoms with Crippen LogP contribution in [0.2, 0.25) is 8.67 Å². The van der Waals surface area contributed by atoms with Crippen molar-refractivity contribution in [2.24, 2.45) is 0 Å². The number of nitrogens with two attached hydrogens (primary N) is 1. The van der Waals surface area contributed by atoms with Gasteiger partial charge in [0, 0.05) is 16.8 Å². The highest BCUT2D eigenvalue weighted by molar-refractivity contribution is 7.20. The van der Waals surface area contributed by atoms with E-state index < -0.39 is 0 Å². The average Bonchev–Trinajstić information content (AvgIpc) is 2.50. The summed E-state index contributed by atoms with van der Waals surface area (Å²) < 4.78 is 14.5. The number of rotatable bonds is 1. The number of hydrogen-bond donors (Lipinski definition) is 1. The molecule has 78 valence electrons. The lowest BCUT2D eigenvalue weighted by Crippen LogP contribution is -1.88. The van der Waals surface area contributed by atoms with Gasteiger partial charge < -0.3 is 5.73 Å². The molecule has 2 aromatic rings. The Balaban J connectivity index is 2.62. The third-order valence-corrected chi connectivity index (χ3v) is 3.42. The van der Waals surface area contributed by atoms with E-state index in [9.17, 15) is 4.39 Å². The first kappa shape index (κ1) is 10.7. The van der Waals surface area contributed by atoms with Crippen LogP contribution in [-0.2, 0) is 0 Å². The van der Waals surface area contributed by atoms with Crippen LogP contribution in [0.15, 0.2) is 24.3 Å². The van der Waals surface area contributed by atoms with Crippen molar-refractivity contribution in [1.82, 2.24) is 0 Å². The monoisotopic (exact) mass is 261 g/mol. The molecule has 2 N–H and O–H groups in total. The zero-order chi connectivity index (χ0) is 11.0. The van der Waals surface area contributed by atoms with Crippen LogP contribution in [0.3, 0.4) is 0 Å². The van der Waals surface area contributed by atoms with Gasteiger partial charge >= 0.3 is 0 Å². The largest absolute Gasteiger partial charge is 0.399 e. The molecule has 0 amide bonds. The zero-order valence-electron chi connectivity index (χ0n) is 7.43. The summed E-state index contributed by atoms with van der Waals surface area (Å²) in [5.41, 5.74) is 7.03. The number of anilines is 1. The van der Waals surface area contributed by atoms with Crippen LogP contribution < -0.4 is 5.73 Å². The van der Waals surface area contributed by atoms with Gasteiger partial charge in [0.25, 0.3) is 0 Å². The van der Waals surface area contributed by atoms with E-state index in [1.807, 2.05) is 0 Å². The van der Waals surface area contributed by atoms with Crippen LogP contribution in [0.1, 0.15) is 0 Å². The fourth-order valence-electron chi connectivity index (χ4n) is 1.27. The molecule has 0 bridgehead atoms. The summed E-state index contributed by atoms with van der Waals surface area (Å²) >= 11 is 12.9. The van der Waals surface area contributed by atoms with Crippen molar-refractivity contribution < 1.29 is 4.39 Å². The minimum Gasteiger partial charge on any atom is -0.399 e. The Hall–Kier alpha value is -0.770. The first-order chi connectivity index (χ1) is 7.08. The van der Waals surface area contributed by atoms with Crippen LogP contribution in [-0.4, -0.2) is 0 Å². The smallest absolute Gasteiger partial charge is 0.131 e. The second-order valence-corrected chi connectivity index (χ2v) is 5.26. The normalized spacial score (nSPS) is 10.6. The van der Waals surface area contributed by atoms with Crippen molar-refractivity contribution in [3.63, 3.8) is 0 Å². The van der Waals surface area contributed by atoms with E-state index in [1.165, 1.54) is 23.5 Å². The minimum atomic E-state index is -0.361. The SMILES string of the molecule is Nc1ccc(F)c(-c2cc(Cl)sc2Cl)c1. The summed E-state index contributed by atoms with van der Waals surface area (Å²) in [7, 11) is 0. The predicted molar refractivity (Wildman–Crippen MR) is 64.1 cm³/mol. The molecular formula is C10H6Cl2FNS. The van der Waals surface area contributed by atoms with Crippen molar-refractivity contribution in [3.8, 4) is 11.1 Å². The number of halogens is 3. The van der Waals surface area contributed by atoms with Gasteiger partial charge in [-0.1, -0.05) is 23.2 Å². The molecule has 0 aliphatic carbocycles. The van der Waals surface area contributed by atoms with Crippen molar-refractivity contribution in [3.05, 3.63) is 38.8 Å². The lowest BCUT2D eigenvalue weighted by Gasteiger charge is -2.02. The second kappa shape index (κ2) is 4.00. The molecule has 0 spiro atoms. The molecule has 1 heterocycles. The van der Waals surface area contributed by atoms with Crippen molar-refractivity contribution in [1.29, 1.82) is 0 Å². The van der Waals surface area contributed by atoms with E-state index >= 15 is 0 Å². The van der Waals surface area contributed by atoms with Crippen molar-refractivity contribution >= 4 is 40.2 Å². The third kappa shape index (κ3) is 2.09. The van der Waals surface area contributed by atoms with E-state index in [2.05, 4.69) is 0 Å². The number of benzene rings is 1. The number of hydrogen-bond acceptors (Lipinski definition) is 2. The van der Waals surface area contributed by atoms with Gasteiger partial charge in [0.05, 0.1) is 4.34 Å². The molecule has 0 aliphatic heterocycles. The minimum absolute atomic E-state index is 0.361. The van der Waals surface area contributed by atoms with Gasteiger partial charge in [0.2, 0.25) is 0 Å². The second-order valence-electron chi connectivity index (χ2n) is 2.98. The van der Waals surface area contributed by atoms with Gasteiger partial charge in [-0.2, -0.15) is 0 Å². The Bertz CT molecular complexity index is 510. The Morgan fingerprint density at radius 1 is 1.13 bits per heavy atom. The summed E-state index contributed by atoms with van der Waals surface area (Å²) in [5.74, 6) is -0.361. The van der Waals surface area contributed by atoms with E-state index in [4.69, 9.17) is 28.9 Å². The highest BCUT2D eigenvalue weighted by atomic mass is 35.5. The van der Waals surface area contributed by atoms with Gasteiger partial charge in [-0.3, -0.25) is 0 Å². The topological polar surface area (TPSA) is 26.0 Å². The van der Waals surface area contributed by atoms with E-state index in [0.29, 0.717) is 25.5 Å². The lowest BCUT2D eigenvalue weighted by atomic mass is 10.1. The van der Waals surface area contributed by atoms with Crippen LogP contribution in [0.4, 0.5) is 10.1 Å². The lowest BCUT2D eigenvalue weighted by molar-refractivity contribution is 0.631. The highest BCUT2D eigenvalue weighted by Gasteiger charge is 2.12. The third-order valence-electron chi connectivity index (χ3n) is 1.94. The molecule has 1 nitrogen and oxygen atoms in total. The van der Waals surface area contributed by atoms with Gasteiger partial charge in [-0.25, -0.2) is 4.39 Å². The predicted octanol–water partition coefficient (Wildman–Crippen LogP) is 4.44. The van der Waals surface area contributed by atoms with Crippen molar-refractivity contribution in [2.45, 2.75) is 0 Å². The molecule has 15 heavy (non-hydrogen) atoms. The molecule has 0 saturated heterocycles. The molecule has 0 radical (unpaired) electrons. The Kier molecular flexibility index (Phi) is 2.87. The molecule has 0 fully saturated rings. The maximum Gasteiger partial charge on any atom is 0.131 e. The molecule has 0 unspecified atom stereocenters. The Morgan fingerprint density at radius 2 is 1.87 bits per heavy atom. The first-order valence-corrected chi connectivity index (χ1v) is 5.65. The standard InChI is InChI=1S/C10H6Cl2FNS/c11-9-4-7(10(12)15-9)6-3-5(14)1-2-8(6)13/h1-4H,14H2. The number of thiophene rings is 1. The molecule has 1 aromatic heterocycles. The average molecular weight is 262 g/mol. The van der Waals surface area contributed by atoms with Crippen LogP contribution in [0.5, 0.6) is 0 Å². The maximum absolute atomic E-state index is 13.5. The summed E-state index contributed by atoms with van der Waals surface area (Å²) in [4.78, 5) is 0. The van der Waals surface area contributed by atoms with Crippen LogP contribution >= 0.6 is 34.5 Å². The van der Waals surface area contributed by atoms with Gasteiger partial charge in [-0.15, -0.1) is 11.3 Å². The Morgan fingerprint density at radius 3 is 2.47 bits per heavy atom. The fourth-order valence-corrected chi connectivity index (χ4v) is 2.76. The van der Waals surface area contributed by atoms with Crippen molar-refractivity contribution in [2.75, 3.05) is 5.73 Å². The van der Waals surface area contributed by atoms with Gasteiger partial charge in [0.15, 0.2) is 0 Å². The molecule has 0 atom stereocenters. The van der Waals surface area contributed by atoms with Gasteiger partial charge in [0.1, 0.15) is 10.2 Å². The molecular weight excluding hydrogens is 256 g/mol. The summed E-state index contributed by atoms with van der Waals surface area (Å²) in [6.07, 6.45) is 0. The number of nitrogen functional groups attached to an aromatic ring is 1. The summed E-state index contributed by atoms with van der Waals surface area (Å²) in [6, 6.07) is 5.99. The highest BCUT2D eigenvalue weighted by Crippen LogP contribution is 2.39. The van der Waals surface area contributed by atoms with Crippen LogP contribution in [0, 0.1) is 5.82 Å². The fraction of sp³-hybridized carbons (Fsp3) is 0. The van der Waals surface area contributed by atoms with E-state index in [1.54, 1.807) is 12.1 Å². The molecule has 5 heteroatoms. The zero-order valence-corrected chi connectivity index (χ0v) is 9.76. The first-order valence-electron chi connectivity index (χ1n) is 4.08. The van der Waals surface area contributed by atoms with Gasteiger partial charge in [-0.05, 0) is 24.3 Å². The molecule has 0 aliphatic rings. The summed E-state index contributed by atoms with van der Waals surface area (Å²) in [5, 5.41) is 0. The summed E-state index contributed by atoms with van der Waals surface area (Å²) in [6.45, 7) is 0. The quantitative estimate of drug-likeness (QED) is 0.755. The molecule has 1 aromatic carbocycles.